The zero-order valence-corrected chi connectivity index (χ0v) is 16.8. The molecule has 152 valence electrons. The average molecular weight is 407 g/mol. The van der Waals surface area contributed by atoms with Gasteiger partial charge in [-0.05, 0) is 43.9 Å². The third-order valence-electron chi connectivity index (χ3n) is 5.79. The largest absolute Gasteiger partial charge is 0.393 e. The second-order valence-electron chi connectivity index (χ2n) is 7.86. The van der Waals surface area contributed by atoms with Crippen LogP contribution in [0.2, 0.25) is 0 Å². The van der Waals surface area contributed by atoms with Crippen LogP contribution >= 0.6 is 0 Å². The third kappa shape index (κ3) is 3.54. The van der Waals surface area contributed by atoms with Crippen molar-refractivity contribution in [1.82, 2.24) is 14.5 Å². The highest BCUT2D eigenvalue weighted by molar-refractivity contribution is 7.90. The van der Waals surface area contributed by atoms with Gasteiger partial charge in [-0.15, -0.1) is 0 Å². The monoisotopic (exact) mass is 407 g/mol. The first-order valence-corrected chi connectivity index (χ1v) is 11.5. The van der Waals surface area contributed by atoms with E-state index in [1.807, 2.05) is 4.90 Å². The first kappa shape index (κ1) is 19.4. The Kier molecular flexibility index (Phi) is 4.93. The second kappa shape index (κ2) is 7.13. The molecule has 8 nitrogen and oxygen atoms in total. The van der Waals surface area contributed by atoms with Crippen molar-refractivity contribution < 1.29 is 23.1 Å². The van der Waals surface area contributed by atoms with Crippen LogP contribution in [0.25, 0.3) is 11.0 Å². The zero-order chi connectivity index (χ0) is 20.1. The van der Waals surface area contributed by atoms with Gasteiger partial charge < -0.3 is 19.3 Å². The molecule has 1 aromatic carbocycles. The Morgan fingerprint density at radius 1 is 1.32 bits per heavy atom. The molecule has 1 N–H and O–H groups in total. The summed E-state index contributed by atoms with van der Waals surface area (Å²) in [6.45, 7) is 0. The van der Waals surface area contributed by atoms with E-state index >= 15 is 0 Å². The van der Waals surface area contributed by atoms with Gasteiger partial charge in [0.15, 0.2) is 9.84 Å². The topological polar surface area (TPSA) is 102 Å². The maximum Gasteiger partial charge on any atom is 0.254 e. The van der Waals surface area contributed by atoms with E-state index in [2.05, 4.69) is 4.98 Å². The van der Waals surface area contributed by atoms with Gasteiger partial charge in [0, 0.05) is 31.0 Å². The number of nitrogens with zero attached hydrogens (tertiary/aromatic N) is 3. The summed E-state index contributed by atoms with van der Waals surface area (Å²) in [6, 6.07) is 5.47. The van der Waals surface area contributed by atoms with E-state index in [1.165, 1.54) is 13.4 Å². The molecule has 2 aliphatic rings. The Hall–Kier alpha value is -1.97. The molecule has 28 heavy (non-hydrogen) atoms. The maximum atomic E-state index is 13.1. The number of fused-ring (bicyclic) bond motifs is 3. The molecule has 1 amide bonds. The third-order valence-corrected chi connectivity index (χ3v) is 6.68. The summed E-state index contributed by atoms with van der Waals surface area (Å²) in [7, 11) is -1.77. The van der Waals surface area contributed by atoms with Gasteiger partial charge in [-0.25, -0.2) is 13.4 Å². The van der Waals surface area contributed by atoms with E-state index in [1.54, 1.807) is 29.1 Å². The highest BCUT2D eigenvalue weighted by atomic mass is 32.2. The number of methoxy groups -OCH3 is 1. The van der Waals surface area contributed by atoms with E-state index in [0.29, 0.717) is 29.4 Å². The van der Waals surface area contributed by atoms with Crippen molar-refractivity contribution in [3.8, 4) is 0 Å². The summed E-state index contributed by atoms with van der Waals surface area (Å²) in [5, 5.41) is 9.95. The van der Waals surface area contributed by atoms with Crippen LogP contribution in [0.1, 0.15) is 42.3 Å². The summed E-state index contributed by atoms with van der Waals surface area (Å²) >= 11 is 0. The van der Waals surface area contributed by atoms with Crippen molar-refractivity contribution in [3.05, 3.63) is 30.1 Å². The Bertz CT molecular complexity index is 988. The molecule has 3 unspecified atom stereocenters. The Balaban J connectivity index is 1.62. The highest BCUT2D eigenvalue weighted by Gasteiger charge is 2.43. The molecule has 0 spiro atoms. The fraction of sp³-hybridized carbons (Fsp3) is 0.579. The number of benzene rings is 1. The van der Waals surface area contributed by atoms with Crippen LogP contribution in [-0.2, 0) is 14.6 Å². The lowest BCUT2D eigenvalue weighted by Gasteiger charge is -2.37. The van der Waals surface area contributed by atoms with Gasteiger partial charge in [0.1, 0.15) is 6.23 Å². The fourth-order valence-corrected chi connectivity index (χ4v) is 5.36. The molecule has 2 aliphatic heterocycles. The van der Waals surface area contributed by atoms with Crippen molar-refractivity contribution in [2.45, 2.75) is 50.1 Å². The number of carbonyl (C=O) groups is 1. The summed E-state index contributed by atoms with van der Waals surface area (Å²) in [5.74, 6) is -0.190. The standard InChI is InChI=1S/C19H25N3O5S/c1-27-18(10-28(2,25)26)21-11-20-16-7-12(3-6-17(16)21)19(24)22-13-4-5-14(22)9-15(23)8-13/h3,6-7,11,13-15,18,23H,4-5,8-10H2,1-2H3. The molecule has 0 saturated carbocycles. The van der Waals surface area contributed by atoms with Crippen LogP contribution in [0.5, 0.6) is 0 Å². The number of hydrogen-bond acceptors (Lipinski definition) is 6. The van der Waals surface area contributed by atoms with Crippen LogP contribution in [0.3, 0.4) is 0 Å². The number of aliphatic hydroxyl groups is 1. The number of amides is 1. The number of carbonyl (C=O) groups excluding carboxylic acids is 1. The second-order valence-corrected chi connectivity index (χ2v) is 10.0. The molecule has 3 heterocycles. The SMILES string of the molecule is COC(CS(C)(=O)=O)n1cnc2cc(C(=O)N3C4CCC3CC(O)C4)ccc21. The summed E-state index contributed by atoms with van der Waals surface area (Å²) in [5.41, 5.74) is 1.89. The number of ether oxygens (including phenoxy) is 1. The molecule has 1 aromatic heterocycles. The Morgan fingerprint density at radius 3 is 2.61 bits per heavy atom. The van der Waals surface area contributed by atoms with Gasteiger partial charge in [0.25, 0.3) is 5.91 Å². The Morgan fingerprint density at radius 2 is 2.00 bits per heavy atom. The lowest BCUT2D eigenvalue weighted by atomic mass is 9.98. The minimum Gasteiger partial charge on any atom is -0.393 e. The quantitative estimate of drug-likeness (QED) is 0.803. The number of piperidine rings is 1. The molecule has 2 bridgehead atoms. The lowest BCUT2D eigenvalue weighted by Crippen LogP contribution is -2.48. The predicted octanol–water partition coefficient (Wildman–Crippen LogP) is 1.35. The highest BCUT2D eigenvalue weighted by Crippen LogP contribution is 2.37. The van der Waals surface area contributed by atoms with Crippen LogP contribution in [0.15, 0.2) is 24.5 Å². The smallest absolute Gasteiger partial charge is 0.254 e. The van der Waals surface area contributed by atoms with Gasteiger partial charge in [0.05, 0.1) is 29.2 Å². The van der Waals surface area contributed by atoms with Crippen LogP contribution in [-0.4, -0.2) is 71.2 Å². The van der Waals surface area contributed by atoms with Crippen LogP contribution in [0, 0.1) is 0 Å². The lowest BCUT2D eigenvalue weighted by molar-refractivity contribution is 0.0287. The zero-order valence-electron chi connectivity index (χ0n) is 16.0. The first-order chi connectivity index (χ1) is 13.3. The van der Waals surface area contributed by atoms with Crippen molar-refractivity contribution >= 4 is 26.8 Å². The van der Waals surface area contributed by atoms with Gasteiger partial charge in [-0.2, -0.15) is 0 Å². The molecular formula is C19H25N3O5S. The normalized spacial score (nSPS) is 26.0. The number of imidazole rings is 1. The summed E-state index contributed by atoms with van der Waals surface area (Å²) in [6.07, 6.45) is 4.86. The average Bonchev–Trinajstić information content (AvgIpc) is 3.17. The number of aliphatic hydroxyl groups excluding tert-OH is 1. The summed E-state index contributed by atoms with van der Waals surface area (Å²) in [4.78, 5) is 19.4. The van der Waals surface area contributed by atoms with E-state index in [4.69, 9.17) is 4.74 Å². The molecule has 0 radical (unpaired) electrons. The van der Waals surface area contributed by atoms with E-state index < -0.39 is 16.1 Å². The van der Waals surface area contributed by atoms with Crippen LogP contribution in [0.4, 0.5) is 0 Å². The van der Waals surface area contributed by atoms with E-state index in [-0.39, 0.29) is 29.8 Å². The number of rotatable bonds is 5. The maximum absolute atomic E-state index is 13.1. The van der Waals surface area contributed by atoms with Gasteiger partial charge in [-0.3, -0.25) is 4.79 Å². The molecule has 4 rings (SSSR count). The van der Waals surface area contributed by atoms with Crippen LogP contribution < -0.4 is 0 Å². The molecule has 0 aliphatic carbocycles. The number of sulfone groups is 1. The van der Waals surface area contributed by atoms with Gasteiger partial charge >= 0.3 is 0 Å². The molecule has 9 heteroatoms. The first-order valence-electron chi connectivity index (χ1n) is 9.44. The minimum absolute atomic E-state index is 0.0322. The van der Waals surface area contributed by atoms with E-state index in [9.17, 15) is 18.3 Å². The van der Waals surface area contributed by atoms with Crippen molar-refractivity contribution in [2.75, 3.05) is 19.1 Å². The number of hydrogen-bond donors (Lipinski definition) is 1. The Labute approximate surface area is 164 Å². The fourth-order valence-electron chi connectivity index (χ4n) is 4.54. The summed E-state index contributed by atoms with van der Waals surface area (Å²) < 4.78 is 30.3. The van der Waals surface area contributed by atoms with Gasteiger partial charge in [0.2, 0.25) is 0 Å². The molecule has 2 saturated heterocycles. The minimum atomic E-state index is -3.23. The van der Waals surface area contributed by atoms with Crippen molar-refractivity contribution in [3.63, 3.8) is 0 Å². The van der Waals surface area contributed by atoms with Crippen molar-refractivity contribution in [2.24, 2.45) is 0 Å². The molecule has 2 fully saturated rings. The molecule has 2 aromatic rings. The number of aromatic nitrogens is 2. The molecule has 3 atom stereocenters. The molecular weight excluding hydrogens is 382 g/mol. The predicted molar refractivity (Wildman–Crippen MR) is 104 cm³/mol. The van der Waals surface area contributed by atoms with Gasteiger partial charge in [-0.1, -0.05) is 0 Å². The van der Waals surface area contributed by atoms with E-state index in [0.717, 1.165) is 12.8 Å². The van der Waals surface area contributed by atoms with Crippen molar-refractivity contribution in [1.29, 1.82) is 0 Å².